The molecule has 0 saturated carbocycles. The van der Waals surface area contributed by atoms with Gasteiger partial charge in [-0.1, -0.05) is 6.07 Å². The number of ether oxygens (including phenoxy) is 1. The lowest BCUT2D eigenvalue weighted by molar-refractivity contribution is -0.121. The topological polar surface area (TPSA) is 54.5 Å². The molecule has 1 amide bonds. The lowest BCUT2D eigenvalue weighted by Gasteiger charge is -2.16. The predicted molar refractivity (Wildman–Crippen MR) is 95.3 cm³/mol. The molecule has 3 rings (SSSR count). The third-order valence-electron chi connectivity index (χ3n) is 4.08. The molecule has 1 aliphatic heterocycles. The zero-order valence-electron chi connectivity index (χ0n) is 13.9. The van der Waals surface area contributed by atoms with E-state index in [2.05, 4.69) is 21.3 Å². The molecule has 3 heterocycles. The summed E-state index contributed by atoms with van der Waals surface area (Å²) in [6.45, 7) is 5.33. The van der Waals surface area contributed by atoms with E-state index in [1.165, 1.54) is 5.56 Å². The summed E-state index contributed by atoms with van der Waals surface area (Å²) >= 11 is 1.63. The van der Waals surface area contributed by atoms with Crippen molar-refractivity contribution in [3.05, 3.63) is 46.3 Å². The number of carbonyl (C=O) groups excluding carboxylic acids is 1. The highest BCUT2D eigenvalue weighted by Gasteiger charge is 2.23. The first kappa shape index (κ1) is 16.9. The van der Waals surface area contributed by atoms with Crippen LogP contribution in [0.4, 0.5) is 0 Å². The smallest absolute Gasteiger partial charge is 0.224 e. The van der Waals surface area contributed by atoms with Gasteiger partial charge in [0.1, 0.15) is 0 Å². The van der Waals surface area contributed by atoms with Crippen molar-refractivity contribution in [2.24, 2.45) is 0 Å². The van der Waals surface area contributed by atoms with Gasteiger partial charge >= 0.3 is 0 Å². The van der Waals surface area contributed by atoms with Gasteiger partial charge in [0.2, 0.25) is 11.8 Å². The molecule has 2 aromatic heterocycles. The quantitative estimate of drug-likeness (QED) is 0.838. The van der Waals surface area contributed by atoms with Gasteiger partial charge in [-0.25, -0.2) is 4.98 Å². The number of nitrogens with zero attached hydrogens (tertiary/aromatic N) is 2. The summed E-state index contributed by atoms with van der Waals surface area (Å²) in [5, 5.41) is 7.18. The molecule has 6 heteroatoms. The summed E-state index contributed by atoms with van der Waals surface area (Å²) in [6, 6.07) is 6.21. The second-order valence-corrected chi connectivity index (χ2v) is 6.81. The number of carbonyl (C=O) groups is 1. The number of hydrogen-bond donors (Lipinski definition) is 1. The number of pyridine rings is 1. The maximum atomic E-state index is 12.1. The van der Waals surface area contributed by atoms with E-state index in [1.807, 2.05) is 36.0 Å². The van der Waals surface area contributed by atoms with Crippen LogP contribution in [-0.4, -0.2) is 41.5 Å². The first-order chi connectivity index (χ1) is 11.7. The molecule has 5 nitrogen and oxygen atoms in total. The fraction of sp³-hybridized carbons (Fsp3) is 0.444. The molecule has 1 atom stereocenters. The SMILES string of the molecule is CCOc1ccc(CN2CC[C@@H](NC(=O)Cc3ccsc3)C2)cn1. The fourth-order valence-electron chi connectivity index (χ4n) is 2.95. The Morgan fingerprint density at radius 1 is 1.42 bits per heavy atom. The van der Waals surface area contributed by atoms with Gasteiger partial charge in [-0.05, 0) is 41.3 Å². The number of likely N-dealkylation sites (tertiary alicyclic amines) is 1. The Labute approximate surface area is 146 Å². The average Bonchev–Trinajstić information content (AvgIpc) is 3.22. The fourth-order valence-corrected chi connectivity index (χ4v) is 3.62. The van der Waals surface area contributed by atoms with Crippen molar-refractivity contribution in [2.75, 3.05) is 19.7 Å². The minimum Gasteiger partial charge on any atom is -0.478 e. The van der Waals surface area contributed by atoms with Gasteiger partial charge in [-0.2, -0.15) is 11.3 Å². The maximum Gasteiger partial charge on any atom is 0.224 e. The van der Waals surface area contributed by atoms with Crippen LogP contribution in [0.25, 0.3) is 0 Å². The summed E-state index contributed by atoms with van der Waals surface area (Å²) in [6.07, 6.45) is 3.34. The summed E-state index contributed by atoms with van der Waals surface area (Å²) in [7, 11) is 0. The molecule has 0 bridgehead atoms. The van der Waals surface area contributed by atoms with Gasteiger partial charge in [-0.3, -0.25) is 9.69 Å². The van der Waals surface area contributed by atoms with Gasteiger partial charge in [0.15, 0.2) is 0 Å². The van der Waals surface area contributed by atoms with Gasteiger partial charge in [0.05, 0.1) is 13.0 Å². The van der Waals surface area contributed by atoms with Crippen LogP contribution in [-0.2, 0) is 17.8 Å². The Morgan fingerprint density at radius 2 is 2.33 bits per heavy atom. The van der Waals surface area contributed by atoms with Gasteiger partial charge in [0.25, 0.3) is 0 Å². The van der Waals surface area contributed by atoms with Gasteiger partial charge < -0.3 is 10.1 Å². The van der Waals surface area contributed by atoms with Crippen LogP contribution in [0.2, 0.25) is 0 Å². The van der Waals surface area contributed by atoms with E-state index in [9.17, 15) is 4.79 Å². The molecule has 0 unspecified atom stereocenters. The van der Waals surface area contributed by atoms with Crippen molar-refractivity contribution >= 4 is 17.2 Å². The minimum absolute atomic E-state index is 0.114. The number of thiophene rings is 1. The van der Waals surface area contributed by atoms with Crippen molar-refractivity contribution in [3.8, 4) is 5.88 Å². The Morgan fingerprint density at radius 3 is 3.04 bits per heavy atom. The van der Waals surface area contributed by atoms with E-state index in [0.29, 0.717) is 18.9 Å². The Bertz CT molecular complexity index is 643. The molecule has 0 radical (unpaired) electrons. The van der Waals surface area contributed by atoms with Crippen molar-refractivity contribution in [1.82, 2.24) is 15.2 Å². The van der Waals surface area contributed by atoms with Gasteiger partial charge in [-0.15, -0.1) is 0 Å². The molecule has 1 saturated heterocycles. The van der Waals surface area contributed by atoms with Crippen molar-refractivity contribution in [1.29, 1.82) is 0 Å². The third-order valence-corrected chi connectivity index (χ3v) is 4.81. The predicted octanol–water partition coefficient (Wildman–Crippen LogP) is 2.48. The van der Waals surface area contributed by atoms with Crippen LogP contribution in [0.15, 0.2) is 35.2 Å². The third kappa shape index (κ3) is 4.79. The van der Waals surface area contributed by atoms with E-state index < -0.39 is 0 Å². The number of hydrogen-bond acceptors (Lipinski definition) is 5. The number of aromatic nitrogens is 1. The van der Waals surface area contributed by atoms with Crippen LogP contribution in [0.1, 0.15) is 24.5 Å². The second kappa shape index (κ2) is 8.26. The first-order valence-corrected chi connectivity index (χ1v) is 9.27. The Balaban J connectivity index is 1.44. The highest BCUT2D eigenvalue weighted by molar-refractivity contribution is 7.07. The molecule has 1 aliphatic rings. The van der Waals surface area contributed by atoms with E-state index in [-0.39, 0.29) is 11.9 Å². The number of amides is 1. The first-order valence-electron chi connectivity index (χ1n) is 8.33. The standard InChI is InChI=1S/C18H23N3O2S/c1-2-23-18-4-3-15(10-19-18)11-21-7-5-16(12-21)20-17(22)9-14-6-8-24-13-14/h3-4,6,8,10,13,16H,2,5,7,9,11-12H2,1H3,(H,20,22)/t16-/m1/s1. The molecule has 0 aromatic carbocycles. The zero-order chi connectivity index (χ0) is 16.8. The Kier molecular flexibility index (Phi) is 5.82. The van der Waals surface area contributed by atoms with Crippen LogP contribution < -0.4 is 10.1 Å². The Hall–Kier alpha value is -1.92. The van der Waals surface area contributed by atoms with Crippen LogP contribution in [0.3, 0.4) is 0 Å². The minimum atomic E-state index is 0.114. The summed E-state index contributed by atoms with van der Waals surface area (Å²) in [4.78, 5) is 18.7. The zero-order valence-corrected chi connectivity index (χ0v) is 14.7. The molecule has 0 spiro atoms. The number of rotatable bonds is 7. The van der Waals surface area contributed by atoms with E-state index in [0.717, 1.165) is 31.6 Å². The largest absolute Gasteiger partial charge is 0.478 e. The highest BCUT2D eigenvalue weighted by Crippen LogP contribution is 2.15. The normalized spacial score (nSPS) is 17.8. The maximum absolute atomic E-state index is 12.1. The molecule has 24 heavy (non-hydrogen) atoms. The van der Waals surface area contributed by atoms with Crippen molar-refractivity contribution in [2.45, 2.75) is 32.4 Å². The number of nitrogens with one attached hydrogen (secondary N) is 1. The second-order valence-electron chi connectivity index (χ2n) is 6.03. The van der Waals surface area contributed by atoms with Gasteiger partial charge in [0, 0.05) is 37.9 Å². The molecule has 1 N–H and O–H groups in total. The monoisotopic (exact) mass is 345 g/mol. The molecular formula is C18H23N3O2S. The average molecular weight is 345 g/mol. The van der Waals surface area contributed by atoms with Crippen LogP contribution in [0, 0.1) is 0 Å². The van der Waals surface area contributed by atoms with Crippen LogP contribution >= 0.6 is 11.3 Å². The molecular weight excluding hydrogens is 322 g/mol. The summed E-state index contributed by atoms with van der Waals surface area (Å²) in [5.74, 6) is 0.782. The molecule has 1 fully saturated rings. The molecule has 2 aromatic rings. The lowest BCUT2D eigenvalue weighted by atomic mass is 10.2. The molecule has 0 aliphatic carbocycles. The lowest BCUT2D eigenvalue weighted by Crippen LogP contribution is -2.37. The van der Waals surface area contributed by atoms with Crippen LogP contribution in [0.5, 0.6) is 5.88 Å². The van der Waals surface area contributed by atoms with E-state index in [1.54, 1.807) is 11.3 Å². The van der Waals surface area contributed by atoms with Crippen molar-refractivity contribution in [3.63, 3.8) is 0 Å². The highest BCUT2D eigenvalue weighted by atomic mass is 32.1. The van der Waals surface area contributed by atoms with Crippen molar-refractivity contribution < 1.29 is 9.53 Å². The molecule has 128 valence electrons. The van der Waals surface area contributed by atoms with E-state index >= 15 is 0 Å². The summed E-state index contributed by atoms with van der Waals surface area (Å²) < 4.78 is 5.36. The van der Waals surface area contributed by atoms with E-state index in [4.69, 9.17) is 4.74 Å². The summed E-state index contributed by atoms with van der Waals surface area (Å²) in [5.41, 5.74) is 2.26.